The van der Waals surface area contributed by atoms with Crippen LogP contribution in [0.3, 0.4) is 0 Å². The summed E-state index contributed by atoms with van der Waals surface area (Å²) in [5, 5.41) is 9.14. The standard InChI is InChI=1S/C14H20N2O6S/c1-8(2)6-11(14(18)19)16-23(20,21)9-4-5-12(22-3)10(7-9)13(15)17/h4-5,7-8,11,16H,6H2,1-3H3,(H2,15,17)(H,18,19)/t11-/m1/s1. The van der Waals surface area contributed by atoms with Gasteiger partial charge in [-0.2, -0.15) is 4.72 Å². The molecule has 0 saturated carbocycles. The normalized spacial score (nSPS) is 12.9. The number of ether oxygens (including phenoxy) is 1. The summed E-state index contributed by atoms with van der Waals surface area (Å²) in [5.74, 6) is -2.01. The summed E-state index contributed by atoms with van der Waals surface area (Å²) in [4.78, 5) is 22.3. The summed E-state index contributed by atoms with van der Waals surface area (Å²) in [6.07, 6.45) is 0.132. The first-order valence-corrected chi connectivity index (χ1v) is 8.29. The monoisotopic (exact) mass is 344 g/mol. The molecule has 0 fully saturated rings. The molecule has 4 N–H and O–H groups in total. The van der Waals surface area contributed by atoms with Crippen LogP contribution in [0.15, 0.2) is 23.1 Å². The fourth-order valence-corrected chi connectivity index (χ4v) is 3.20. The quantitative estimate of drug-likeness (QED) is 0.631. The minimum atomic E-state index is -4.13. The van der Waals surface area contributed by atoms with Gasteiger partial charge in [0.15, 0.2) is 0 Å². The molecule has 1 rings (SSSR count). The van der Waals surface area contributed by atoms with Gasteiger partial charge < -0.3 is 15.6 Å². The predicted octanol–water partition coefficient (Wildman–Crippen LogP) is 0.572. The van der Waals surface area contributed by atoms with Gasteiger partial charge in [-0.25, -0.2) is 8.42 Å². The molecule has 8 nitrogen and oxygen atoms in total. The third-order valence-corrected chi connectivity index (χ3v) is 4.52. The van der Waals surface area contributed by atoms with E-state index in [0.717, 1.165) is 6.07 Å². The molecule has 9 heteroatoms. The number of amides is 1. The van der Waals surface area contributed by atoms with Crippen LogP contribution in [0.5, 0.6) is 5.75 Å². The lowest BCUT2D eigenvalue weighted by Gasteiger charge is -2.17. The van der Waals surface area contributed by atoms with E-state index in [1.54, 1.807) is 13.8 Å². The number of rotatable bonds is 8. The molecule has 0 bridgehead atoms. The molecule has 1 aromatic carbocycles. The molecule has 128 valence electrons. The van der Waals surface area contributed by atoms with Gasteiger partial charge in [-0.15, -0.1) is 0 Å². The van der Waals surface area contributed by atoms with E-state index in [4.69, 9.17) is 15.6 Å². The first-order chi connectivity index (χ1) is 10.6. The second-order valence-corrected chi connectivity index (χ2v) is 7.08. The van der Waals surface area contributed by atoms with Crippen molar-refractivity contribution in [1.82, 2.24) is 4.72 Å². The fourth-order valence-electron chi connectivity index (χ4n) is 1.97. The number of nitrogens with two attached hydrogens (primary N) is 1. The van der Waals surface area contributed by atoms with Gasteiger partial charge in [-0.1, -0.05) is 13.8 Å². The summed E-state index contributed by atoms with van der Waals surface area (Å²) in [6, 6.07) is 2.28. The number of hydrogen-bond donors (Lipinski definition) is 3. The molecule has 0 aliphatic rings. The second kappa shape index (κ2) is 7.42. The zero-order chi connectivity index (χ0) is 17.8. The lowest BCUT2D eigenvalue weighted by Crippen LogP contribution is -2.41. The highest BCUT2D eigenvalue weighted by atomic mass is 32.2. The van der Waals surface area contributed by atoms with Crippen LogP contribution in [-0.2, 0) is 14.8 Å². The average molecular weight is 344 g/mol. The van der Waals surface area contributed by atoms with Gasteiger partial charge in [0.1, 0.15) is 11.8 Å². The topological polar surface area (TPSA) is 136 Å². The Balaban J connectivity index is 3.20. The first kappa shape index (κ1) is 18.9. The summed E-state index contributed by atoms with van der Waals surface area (Å²) in [6.45, 7) is 3.56. The summed E-state index contributed by atoms with van der Waals surface area (Å²) >= 11 is 0. The third kappa shape index (κ3) is 4.93. The van der Waals surface area contributed by atoms with E-state index in [1.165, 1.54) is 19.2 Å². The number of primary amides is 1. The van der Waals surface area contributed by atoms with Gasteiger partial charge in [-0.3, -0.25) is 9.59 Å². The first-order valence-electron chi connectivity index (χ1n) is 6.81. The van der Waals surface area contributed by atoms with Crippen molar-refractivity contribution < 1.29 is 27.9 Å². The second-order valence-electron chi connectivity index (χ2n) is 5.37. The molecular formula is C14H20N2O6S. The number of hydrogen-bond acceptors (Lipinski definition) is 5. The Morgan fingerprint density at radius 3 is 2.39 bits per heavy atom. The number of carbonyl (C=O) groups excluding carboxylic acids is 1. The molecule has 0 saturated heterocycles. The van der Waals surface area contributed by atoms with Crippen molar-refractivity contribution in [3.63, 3.8) is 0 Å². The minimum absolute atomic E-state index is 0.0177. The molecule has 1 atom stereocenters. The smallest absolute Gasteiger partial charge is 0.321 e. The lowest BCUT2D eigenvalue weighted by atomic mass is 10.1. The van der Waals surface area contributed by atoms with E-state index in [9.17, 15) is 18.0 Å². The number of carboxylic acid groups (broad SMARTS) is 1. The van der Waals surface area contributed by atoms with Crippen molar-refractivity contribution in [1.29, 1.82) is 0 Å². The summed E-state index contributed by atoms with van der Waals surface area (Å²) in [7, 11) is -2.81. The predicted molar refractivity (Wildman–Crippen MR) is 82.7 cm³/mol. The number of carboxylic acids is 1. The molecule has 1 aromatic rings. The maximum atomic E-state index is 12.3. The molecule has 0 aliphatic carbocycles. The Labute approximate surface area is 134 Å². The van der Waals surface area contributed by atoms with Gasteiger partial charge >= 0.3 is 5.97 Å². The summed E-state index contributed by atoms with van der Waals surface area (Å²) in [5.41, 5.74) is 5.08. The van der Waals surface area contributed by atoms with Crippen molar-refractivity contribution in [2.45, 2.75) is 31.2 Å². The maximum absolute atomic E-state index is 12.3. The number of carbonyl (C=O) groups is 2. The maximum Gasteiger partial charge on any atom is 0.321 e. The van der Waals surface area contributed by atoms with Crippen molar-refractivity contribution in [2.75, 3.05) is 7.11 Å². The van der Waals surface area contributed by atoms with E-state index in [2.05, 4.69) is 4.72 Å². The lowest BCUT2D eigenvalue weighted by molar-refractivity contribution is -0.139. The molecule has 23 heavy (non-hydrogen) atoms. The number of sulfonamides is 1. The number of benzene rings is 1. The van der Waals surface area contributed by atoms with Gasteiger partial charge in [0.25, 0.3) is 5.91 Å². The highest BCUT2D eigenvalue weighted by Gasteiger charge is 2.27. The van der Waals surface area contributed by atoms with Crippen molar-refractivity contribution in [3.8, 4) is 5.75 Å². The van der Waals surface area contributed by atoms with Crippen molar-refractivity contribution in [2.24, 2.45) is 11.7 Å². The highest BCUT2D eigenvalue weighted by Crippen LogP contribution is 2.22. The van der Waals surface area contributed by atoms with Crippen molar-refractivity contribution >= 4 is 21.9 Å². The van der Waals surface area contributed by atoms with Crippen LogP contribution in [0.4, 0.5) is 0 Å². The Kier molecular flexibility index (Phi) is 6.11. The van der Waals surface area contributed by atoms with E-state index in [1.807, 2.05) is 0 Å². The fraction of sp³-hybridized carbons (Fsp3) is 0.429. The van der Waals surface area contributed by atoms with Crippen LogP contribution in [-0.4, -0.2) is 38.6 Å². The van der Waals surface area contributed by atoms with Gasteiger partial charge in [0.05, 0.1) is 17.6 Å². The molecule has 0 aliphatic heterocycles. The molecule has 0 heterocycles. The molecular weight excluding hydrogens is 324 g/mol. The number of methoxy groups -OCH3 is 1. The average Bonchev–Trinajstić information content (AvgIpc) is 2.44. The van der Waals surface area contributed by atoms with E-state index in [0.29, 0.717) is 0 Å². The number of nitrogens with one attached hydrogen (secondary N) is 1. The largest absolute Gasteiger partial charge is 0.496 e. The third-order valence-electron chi connectivity index (χ3n) is 3.05. The zero-order valence-electron chi connectivity index (χ0n) is 13.1. The zero-order valence-corrected chi connectivity index (χ0v) is 13.9. The van der Waals surface area contributed by atoms with E-state index >= 15 is 0 Å². The van der Waals surface area contributed by atoms with Crippen molar-refractivity contribution in [3.05, 3.63) is 23.8 Å². The SMILES string of the molecule is COc1ccc(S(=O)(=O)N[C@H](CC(C)C)C(=O)O)cc1C(N)=O. The van der Waals surface area contributed by atoms with Gasteiger partial charge in [-0.05, 0) is 30.5 Å². The number of aliphatic carboxylic acids is 1. The van der Waals surface area contributed by atoms with Crippen LogP contribution in [0.2, 0.25) is 0 Å². The van der Waals surface area contributed by atoms with Crippen LogP contribution in [0, 0.1) is 5.92 Å². The summed E-state index contributed by atoms with van der Waals surface area (Å²) < 4.78 is 31.7. The molecule has 0 radical (unpaired) electrons. The van der Waals surface area contributed by atoms with Crippen LogP contribution in [0.25, 0.3) is 0 Å². The molecule has 0 aromatic heterocycles. The van der Waals surface area contributed by atoms with Gasteiger partial charge in [0, 0.05) is 0 Å². The minimum Gasteiger partial charge on any atom is -0.496 e. The Morgan fingerprint density at radius 1 is 1.35 bits per heavy atom. The molecule has 0 spiro atoms. The Morgan fingerprint density at radius 2 is 1.96 bits per heavy atom. The molecule has 0 unspecified atom stereocenters. The van der Waals surface area contributed by atoms with E-state index in [-0.39, 0.29) is 28.5 Å². The molecule has 1 amide bonds. The van der Waals surface area contributed by atoms with Crippen LogP contribution < -0.4 is 15.2 Å². The Hall–Kier alpha value is -2.13. The van der Waals surface area contributed by atoms with E-state index < -0.39 is 27.9 Å². The van der Waals surface area contributed by atoms with Crippen LogP contribution in [0.1, 0.15) is 30.6 Å². The Bertz CT molecular complexity index is 699. The van der Waals surface area contributed by atoms with Gasteiger partial charge in [0.2, 0.25) is 10.0 Å². The van der Waals surface area contributed by atoms with Crippen LogP contribution >= 0.6 is 0 Å². The highest BCUT2D eigenvalue weighted by molar-refractivity contribution is 7.89.